The van der Waals surface area contributed by atoms with Crippen molar-refractivity contribution in [3.05, 3.63) is 53.1 Å². The van der Waals surface area contributed by atoms with Crippen molar-refractivity contribution in [1.29, 1.82) is 0 Å². The molecule has 0 aliphatic heterocycles. The molecule has 0 aromatic heterocycles. The molecular weight excluding hydrogens is 344 g/mol. The SMILES string of the molecule is CCN(Cc1ccccc1NC(=O)c1cc(OC)c(C)c(OC)c1)C(C)=O. The van der Waals surface area contributed by atoms with E-state index in [0.717, 1.165) is 11.1 Å². The van der Waals surface area contributed by atoms with Crippen LogP contribution in [0, 0.1) is 6.92 Å². The van der Waals surface area contributed by atoms with Crippen LogP contribution < -0.4 is 14.8 Å². The van der Waals surface area contributed by atoms with Crippen molar-refractivity contribution in [2.75, 3.05) is 26.1 Å². The lowest BCUT2D eigenvalue weighted by Crippen LogP contribution is -2.28. The first-order valence-electron chi connectivity index (χ1n) is 8.78. The molecule has 6 heteroatoms. The van der Waals surface area contributed by atoms with E-state index in [1.165, 1.54) is 6.92 Å². The van der Waals surface area contributed by atoms with E-state index in [1.807, 2.05) is 38.1 Å². The first-order valence-corrected chi connectivity index (χ1v) is 8.78. The van der Waals surface area contributed by atoms with Crippen LogP contribution in [0.15, 0.2) is 36.4 Å². The lowest BCUT2D eigenvalue weighted by atomic mass is 10.1. The number of rotatable bonds is 7. The molecule has 6 nitrogen and oxygen atoms in total. The number of amides is 2. The maximum absolute atomic E-state index is 12.8. The van der Waals surface area contributed by atoms with Crippen LogP contribution in [-0.4, -0.2) is 37.5 Å². The Balaban J connectivity index is 2.30. The van der Waals surface area contributed by atoms with E-state index < -0.39 is 0 Å². The molecule has 27 heavy (non-hydrogen) atoms. The van der Waals surface area contributed by atoms with Crippen LogP contribution in [0.25, 0.3) is 0 Å². The van der Waals surface area contributed by atoms with Crippen LogP contribution >= 0.6 is 0 Å². The molecule has 0 atom stereocenters. The van der Waals surface area contributed by atoms with E-state index in [9.17, 15) is 9.59 Å². The van der Waals surface area contributed by atoms with Gasteiger partial charge >= 0.3 is 0 Å². The third-order valence-corrected chi connectivity index (χ3v) is 4.47. The van der Waals surface area contributed by atoms with Gasteiger partial charge in [0.1, 0.15) is 11.5 Å². The van der Waals surface area contributed by atoms with Crippen molar-refractivity contribution in [2.24, 2.45) is 0 Å². The van der Waals surface area contributed by atoms with Gasteiger partial charge in [0.15, 0.2) is 0 Å². The second-order valence-electron chi connectivity index (χ2n) is 6.15. The fourth-order valence-electron chi connectivity index (χ4n) is 2.84. The Morgan fingerprint density at radius 3 is 2.19 bits per heavy atom. The molecule has 0 spiro atoms. The number of hydrogen-bond acceptors (Lipinski definition) is 4. The average molecular weight is 370 g/mol. The van der Waals surface area contributed by atoms with Gasteiger partial charge in [-0.1, -0.05) is 18.2 Å². The van der Waals surface area contributed by atoms with Crippen LogP contribution in [0.5, 0.6) is 11.5 Å². The minimum Gasteiger partial charge on any atom is -0.496 e. The third kappa shape index (κ3) is 4.78. The Morgan fingerprint density at radius 2 is 1.67 bits per heavy atom. The molecule has 0 unspecified atom stereocenters. The highest BCUT2D eigenvalue weighted by Crippen LogP contribution is 2.30. The van der Waals surface area contributed by atoms with Gasteiger partial charge in [0.25, 0.3) is 5.91 Å². The summed E-state index contributed by atoms with van der Waals surface area (Å²) in [6.07, 6.45) is 0. The summed E-state index contributed by atoms with van der Waals surface area (Å²) in [4.78, 5) is 26.2. The van der Waals surface area contributed by atoms with Gasteiger partial charge < -0.3 is 19.7 Å². The quantitative estimate of drug-likeness (QED) is 0.808. The zero-order valence-electron chi connectivity index (χ0n) is 16.5. The van der Waals surface area contributed by atoms with Crippen molar-refractivity contribution in [2.45, 2.75) is 27.3 Å². The lowest BCUT2D eigenvalue weighted by Gasteiger charge is -2.21. The van der Waals surface area contributed by atoms with E-state index in [1.54, 1.807) is 31.3 Å². The number of carbonyl (C=O) groups is 2. The lowest BCUT2D eigenvalue weighted by molar-refractivity contribution is -0.129. The summed E-state index contributed by atoms with van der Waals surface area (Å²) >= 11 is 0. The maximum Gasteiger partial charge on any atom is 0.255 e. The van der Waals surface area contributed by atoms with Crippen molar-refractivity contribution in [3.8, 4) is 11.5 Å². The minimum absolute atomic E-state index is 0.00774. The van der Waals surface area contributed by atoms with E-state index >= 15 is 0 Å². The number of nitrogens with zero attached hydrogens (tertiary/aromatic N) is 1. The smallest absolute Gasteiger partial charge is 0.255 e. The number of carbonyl (C=O) groups excluding carboxylic acids is 2. The fourth-order valence-corrected chi connectivity index (χ4v) is 2.84. The molecule has 2 amide bonds. The molecule has 0 aliphatic rings. The Bertz CT molecular complexity index is 808. The van der Waals surface area contributed by atoms with Gasteiger partial charge in [-0.15, -0.1) is 0 Å². The van der Waals surface area contributed by atoms with Crippen LogP contribution in [0.2, 0.25) is 0 Å². The van der Waals surface area contributed by atoms with Gasteiger partial charge in [-0.2, -0.15) is 0 Å². The second-order valence-corrected chi connectivity index (χ2v) is 6.15. The van der Waals surface area contributed by atoms with Crippen molar-refractivity contribution in [3.63, 3.8) is 0 Å². The van der Waals surface area contributed by atoms with Crippen LogP contribution in [-0.2, 0) is 11.3 Å². The monoisotopic (exact) mass is 370 g/mol. The van der Waals surface area contributed by atoms with Crippen molar-refractivity contribution < 1.29 is 19.1 Å². The van der Waals surface area contributed by atoms with Gasteiger partial charge in [-0.25, -0.2) is 0 Å². The van der Waals surface area contributed by atoms with E-state index in [0.29, 0.717) is 35.8 Å². The average Bonchev–Trinajstić information content (AvgIpc) is 2.67. The number of benzene rings is 2. The second kappa shape index (κ2) is 9.07. The standard InChI is InChI=1S/C21H26N2O4/c1-6-23(15(3)24)13-16-9-7-8-10-18(16)22-21(25)17-11-19(26-4)14(2)20(12-17)27-5/h7-12H,6,13H2,1-5H3,(H,22,25). The number of nitrogens with one attached hydrogen (secondary N) is 1. The summed E-state index contributed by atoms with van der Waals surface area (Å²) in [6.45, 7) is 6.37. The molecule has 0 fully saturated rings. The van der Waals surface area contributed by atoms with Gasteiger partial charge in [0.05, 0.1) is 14.2 Å². The molecule has 0 aliphatic carbocycles. The highest BCUT2D eigenvalue weighted by Gasteiger charge is 2.16. The van der Waals surface area contributed by atoms with Crippen LogP contribution in [0.3, 0.4) is 0 Å². The Morgan fingerprint density at radius 1 is 1.07 bits per heavy atom. The zero-order valence-corrected chi connectivity index (χ0v) is 16.5. The molecule has 0 radical (unpaired) electrons. The van der Waals surface area contributed by atoms with Gasteiger partial charge in [0, 0.05) is 36.8 Å². The topological polar surface area (TPSA) is 67.9 Å². The van der Waals surface area contributed by atoms with Gasteiger partial charge in [-0.05, 0) is 37.6 Å². The molecule has 0 saturated carbocycles. The predicted octanol–water partition coefficient (Wildman–Crippen LogP) is 3.63. The molecular formula is C21H26N2O4. The molecule has 0 saturated heterocycles. The molecule has 0 heterocycles. The van der Waals surface area contributed by atoms with Gasteiger partial charge in [-0.3, -0.25) is 9.59 Å². The molecule has 144 valence electrons. The number of hydrogen-bond donors (Lipinski definition) is 1. The summed E-state index contributed by atoms with van der Waals surface area (Å²) in [5.41, 5.74) is 2.80. The Hall–Kier alpha value is -3.02. The predicted molar refractivity (Wildman–Crippen MR) is 105 cm³/mol. The first kappa shape index (κ1) is 20.3. The van der Waals surface area contributed by atoms with E-state index in [-0.39, 0.29) is 11.8 Å². The normalized spacial score (nSPS) is 10.3. The highest BCUT2D eigenvalue weighted by molar-refractivity contribution is 6.05. The number of anilines is 1. The summed E-state index contributed by atoms with van der Waals surface area (Å²) in [5, 5.41) is 2.93. The van der Waals surface area contributed by atoms with Crippen molar-refractivity contribution in [1.82, 2.24) is 4.90 Å². The molecule has 1 N–H and O–H groups in total. The summed E-state index contributed by atoms with van der Waals surface area (Å²) in [5.74, 6) is 0.889. The molecule has 0 bridgehead atoms. The van der Waals surface area contributed by atoms with E-state index in [2.05, 4.69) is 5.32 Å². The van der Waals surface area contributed by atoms with Crippen molar-refractivity contribution >= 4 is 17.5 Å². The van der Waals surface area contributed by atoms with Gasteiger partial charge in [0.2, 0.25) is 5.91 Å². The molecule has 2 rings (SSSR count). The zero-order chi connectivity index (χ0) is 20.0. The largest absolute Gasteiger partial charge is 0.496 e. The van der Waals surface area contributed by atoms with Crippen LogP contribution in [0.1, 0.15) is 35.3 Å². The molecule has 2 aromatic rings. The third-order valence-electron chi connectivity index (χ3n) is 4.47. The Labute approximate surface area is 160 Å². The maximum atomic E-state index is 12.8. The summed E-state index contributed by atoms with van der Waals surface area (Å²) < 4.78 is 10.7. The number of ether oxygens (including phenoxy) is 2. The minimum atomic E-state index is -0.273. The number of methoxy groups -OCH3 is 2. The van der Waals surface area contributed by atoms with Crippen LogP contribution in [0.4, 0.5) is 5.69 Å². The number of para-hydroxylation sites is 1. The highest BCUT2D eigenvalue weighted by atomic mass is 16.5. The molecule has 2 aromatic carbocycles. The Kier molecular flexibility index (Phi) is 6.82. The first-order chi connectivity index (χ1) is 12.9. The van der Waals surface area contributed by atoms with E-state index in [4.69, 9.17) is 9.47 Å². The summed E-state index contributed by atoms with van der Waals surface area (Å²) in [7, 11) is 3.11. The summed E-state index contributed by atoms with van der Waals surface area (Å²) in [6, 6.07) is 10.8. The fraction of sp³-hybridized carbons (Fsp3) is 0.333.